The summed E-state index contributed by atoms with van der Waals surface area (Å²) < 4.78 is 5.09. The molecule has 5 nitrogen and oxygen atoms in total. The van der Waals surface area contributed by atoms with Gasteiger partial charge >= 0.3 is 0 Å². The summed E-state index contributed by atoms with van der Waals surface area (Å²) in [5.41, 5.74) is 1.34. The molecule has 0 unspecified atom stereocenters. The maximum absolute atomic E-state index is 13.0. The molecule has 2 aliphatic rings. The van der Waals surface area contributed by atoms with Gasteiger partial charge in [-0.1, -0.05) is 12.8 Å². The van der Waals surface area contributed by atoms with E-state index in [1.54, 1.807) is 36.4 Å². The zero-order valence-corrected chi connectivity index (χ0v) is 14.8. The number of rotatable bonds is 3. The van der Waals surface area contributed by atoms with E-state index >= 15 is 0 Å². The van der Waals surface area contributed by atoms with Crippen LogP contribution in [0, 0.1) is 5.92 Å². The Balaban J connectivity index is 1.44. The second-order valence-corrected chi connectivity index (χ2v) is 7.26. The van der Waals surface area contributed by atoms with Crippen molar-refractivity contribution in [2.24, 2.45) is 5.92 Å². The molecule has 26 heavy (non-hydrogen) atoms. The Bertz CT molecular complexity index is 765. The van der Waals surface area contributed by atoms with Crippen molar-refractivity contribution < 1.29 is 14.0 Å². The van der Waals surface area contributed by atoms with Crippen molar-refractivity contribution in [2.45, 2.75) is 44.6 Å². The SMILES string of the molecule is O=C(Nc1ccc(C(=O)N2CCC[C@H]3CCCC[C@@H]32)cc1)c1ccco1. The molecule has 2 aromatic rings. The summed E-state index contributed by atoms with van der Waals surface area (Å²) in [7, 11) is 0. The van der Waals surface area contributed by atoms with Crippen LogP contribution < -0.4 is 5.32 Å². The molecule has 2 amide bonds. The van der Waals surface area contributed by atoms with Gasteiger partial charge in [0.15, 0.2) is 5.76 Å². The van der Waals surface area contributed by atoms with Gasteiger partial charge in [-0.25, -0.2) is 0 Å². The van der Waals surface area contributed by atoms with E-state index in [-0.39, 0.29) is 17.6 Å². The molecule has 5 heteroatoms. The van der Waals surface area contributed by atoms with Crippen LogP contribution in [0.5, 0.6) is 0 Å². The lowest BCUT2D eigenvalue weighted by Crippen LogP contribution is -2.49. The molecule has 1 N–H and O–H groups in total. The molecular formula is C21H24N2O3. The molecule has 1 saturated carbocycles. The number of carbonyl (C=O) groups excluding carboxylic acids is 2. The summed E-state index contributed by atoms with van der Waals surface area (Å²) in [4.78, 5) is 27.1. The van der Waals surface area contributed by atoms with Gasteiger partial charge in [-0.3, -0.25) is 9.59 Å². The number of carbonyl (C=O) groups is 2. The topological polar surface area (TPSA) is 62.6 Å². The number of fused-ring (bicyclic) bond motifs is 1. The van der Waals surface area contributed by atoms with Gasteiger partial charge in [0, 0.05) is 23.8 Å². The van der Waals surface area contributed by atoms with E-state index in [1.165, 1.54) is 31.9 Å². The van der Waals surface area contributed by atoms with Crippen LogP contribution in [-0.2, 0) is 0 Å². The summed E-state index contributed by atoms with van der Waals surface area (Å²) in [5, 5.41) is 2.78. The minimum Gasteiger partial charge on any atom is -0.459 e. The first-order valence-electron chi connectivity index (χ1n) is 9.48. The first-order valence-corrected chi connectivity index (χ1v) is 9.48. The molecule has 1 saturated heterocycles. The van der Waals surface area contributed by atoms with Gasteiger partial charge in [-0.2, -0.15) is 0 Å². The third-order valence-corrected chi connectivity index (χ3v) is 5.64. The predicted molar refractivity (Wildman–Crippen MR) is 99.1 cm³/mol. The Morgan fingerprint density at radius 2 is 1.77 bits per heavy atom. The fourth-order valence-corrected chi connectivity index (χ4v) is 4.34. The number of benzene rings is 1. The number of furan rings is 1. The monoisotopic (exact) mass is 352 g/mol. The number of amides is 2. The zero-order valence-electron chi connectivity index (χ0n) is 14.8. The van der Waals surface area contributed by atoms with Crippen molar-refractivity contribution in [2.75, 3.05) is 11.9 Å². The minimum absolute atomic E-state index is 0.116. The molecule has 0 bridgehead atoms. The second kappa shape index (κ2) is 7.36. The maximum atomic E-state index is 13.0. The Hall–Kier alpha value is -2.56. The molecule has 0 radical (unpaired) electrons. The molecule has 0 spiro atoms. The number of nitrogens with zero attached hydrogens (tertiary/aromatic N) is 1. The summed E-state index contributed by atoms with van der Waals surface area (Å²) >= 11 is 0. The quantitative estimate of drug-likeness (QED) is 0.894. The third-order valence-electron chi connectivity index (χ3n) is 5.64. The fraction of sp³-hybridized carbons (Fsp3) is 0.429. The van der Waals surface area contributed by atoms with Crippen LogP contribution in [-0.4, -0.2) is 29.3 Å². The number of likely N-dealkylation sites (tertiary alicyclic amines) is 1. The molecule has 2 atom stereocenters. The van der Waals surface area contributed by atoms with Crippen molar-refractivity contribution in [3.8, 4) is 0 Å². The molecule has 1 aliphatic heterocycles. The molecule has 2 heterocycles. The molecule has 1 aromatic heterocycles. The first kappa shape index (κ1) is 16.9. The van der Waals surface area contributed by atoms with Crippen molar-refractivity contribution in [1.82, 2.24) is 4.90 Å². The van der Waals surface area contributed by atoms with Gasteiger partial charge in [0.05, 0.1) is 6.26 Å². The highest BCUT2D eigenvalue weighted by Crippen LogP contribution is 2.36. The van der Waals surface area contributed by atoms with Crippen LogP contribution in [0.2, 0.25) is 0 Å². The number of hydrogen-bond acceptors (Lipinski definition) is 3. The Labute approximate surface area is 153 Å². The number of anilines is 1. The summed E-state index contributed by atoms with van der Waals surface area (Å²) in [6, 6.07) is 10.8. The van der Waals surface area contributed by atoms with Gasteiger partial charge in [0.1, 0.15) is 0 Å². The molecular weight excluding hydrogens is 328 g/mol. The Morgan fingerprint density at radius 3 is 2.54 bits per heavy atom. The smallest absolute Gasteiger partial charge is 0.291 e. The molecule has 136 valence electrons. The molecule has 1 aromatic carbocycles. The fourth-order valence-electron chi connectivity index (χ4n) is 4.34. The van der Waals surface area contributed by atoms with E-state index < -0.39 is 0 Å². The van der Waals surface area contributed by atoms with Gasteiger partial charge < -0.3 is 14.6 Å². The average Bonchev–Trinajstić information content (AvgIpc) is 3.23. The Morgan fingerprint density at radius 1 is 1.00 bits per heavy atom. The van der Waals surface area contributed by atoms with Gasteiger partial charge in [-0.15, -0.1) is 0 Å². The maximum Gasteiger partial charge on any atom is 0.291 e. The van der Waals surface area contributed by atoms with Crippen LogP contribution in [0.25, 0.3) is 0 Å². The number of hydrogen-bond donors (Lipinski definition) is 1. The number of piperidine rings is 1. The van der Waals surface area contributed by atoms with E-state index in [0.717, 1.165) is 19.4 Å². The van der Waals surface area contributed by atoms with E-state index in [9.17, 15) is 9.59 Å². The van der Waals surface area contributed by atoms with E-state index in [4.69, 9.17) is 4.42 Å². The average molecular weight is 352 g/mol. The zero-order chi connectivity index (χ0) is 17.9. The largest absolute Gasteiger partial charge is 0.459 e. The van der Waals surface area contributed by atoms with Crippen LogP contribution in [0.4, 0.5) is 5.69 Å². The van der Waals surface area contributed by atoms with E-state index in [2.05, 4.69) is 10.2 Å². The van der Waals surface area contributed by atoms with Crippen molar-refractivity contribution in [3.05, 3.63) is 54.0 Å². The highest BCUT2D eigenvalue weighted by atomic mass is 16.3. The van der Waals surface area contributed by atoms with Gasteiger partial charge in [0.25, 0.3) is 11.8 Å². The normalized spacial score (nSPS) is 22.5. The van der Waals surface area contributed by atoms with E-state index in [0.29, 0.717) is 23.2 Å². The van der Waals surface area contributed by atoms with Crippen LogP contribution in [0.3, 0.4) is 0 Å². The van der Waals surface area contributed by atoms with Crippen molar-refractivity contribution >= 4 is 17.5 Å². The molecule has 4 rings (SSSR count). The summed E-state index contributed by atoms with van der Waals surface area (Å²) in [6.07, 6.45) is 8.74. The molecule has 2 fully saturated rings. The minimum atomic E-state index is -0.296. The lowest BCUT2D eigenvalue weighted by Gasteiger charge is -2.44. The third kappa shape index (κ3) is 3.39. The van der Waals surface area contributed by atoms with Crippen LogP contribution in [0.15, 0.2) is 47.1 Å². The van der Waals surface area contributed by atoms with Crippen LogP contribution >= 0.6 is 0 Å². The lowest BCUT2D eigenvalue weighted by atomic mass is 9.78. The molecule has 1 aliphatic carbocycles. The Kier molecular flexibility index (Phi) is 4.78. The summed E-state index contributed by atoms with van der Waals surface area (Å²) in [6.45, 7) is 0.858. The van der Waals surface area contributed by atoms with E-state index in [1.807, 2.05) is 0 Å². The van der Waals surface area contributed by atoms with Gasteiger partial charge in [0.2, 0.25) is 0 Å². The first-order chi connectivity index (χ1) is 12.7. The highest BCUT2D eigenvalue weighted by molar-refractivity contribution is 6.02. The van der Waals surface area contributed by atoms with Crippen molar-refractivity contribution in [3.63, 3.8) is 0 Å². The summed E-state index contributed by atoms with van der Waals surface area (Å²) in [5.74, 6) is 0.760. The van der Waals surface area contributed by atoms with Gasteiger partial charge in [-0.05, 0) is 68.0 Å². The second-order valence-electron chi connectivity index (χ2n) is 7.26. The van der Waals surface area contributed by atoms with Crippen LogP contribution in [0.1, 0.15) is 59.4 Å². The highest BCUT2D eigenvalue weighted by Gasteiger charge is 2.35. The predicted octanol–water partition coefficient (Wildman–Crippen LogP) is 4.33. The number of nitrogens with one attached hydrogen (secondary N) is 1. The lowest BCUT2D eigenvalue weighted by molar-refractivity contribution is 0.0390. The standard InChI is InChI=1S/C21H24N2O3/c24-20(19-8-4-14-26-19)22-17-11-9-16(10-12-17)21(25)23-13-3-6-15-5-1-2-7-18(15)23/h4,8-12,14-15,18H,1-3,5-7,13H2,(H,22,24)/t15-,18+/m1/s1. The van der Waals surface area contributed by atoms with Crippen molar-refractivity contribution in [1.29, 1.82) is 0 Å².